The summed E-state index contributed by atoms with van der Waals surface area (Å²) >= 11 is 2.22. The van der Waals surface area contributed by atoms with Gasteiger partial charge in [-0.25, -0.2) is 0 Å². The first kappa shape index (κ1) is 24.2. The third-order valence-electron chi connectivity index (χ3n) is 5.04. The van der Waals surface area contributed by atoms with Gasteiger partial charge in [-0.3, -0.25) is 9.59 Å². The SMILES string of the molecule is CC[C@@H](C)NC(=O)[C@@H](CC)N(Cc1ccc(C)cc1)C(=O)COc1ccc(I)cc1. The highest BCUT2D eigenvalue weighted by Crippen LogP contribution is 2.16. The summed E-state index contributed by atoms with van der Waals surface area (Å²) in [5.41, 5.74) is 2.14. The van der Waals surface area contributed by atoms with Gasteiger partial charge >= 0.3 is 0 Å². The molecule has 6 heteroatoms. The van der Waals surface area contributed by atoms with Crippen molar-refractivity contribution in [3.63, 3.8) is 0 Å². The second-order valence-electron chi connectivity index (χ2n) is 7.49. The Bertz CT molecular complexity index is 821. The van der Waals surface area contributed by atoms with Crippen molar-refractivity contribution in [2.75, 3.05) is 6.61 Å². The molecule has 0 unspecified atom stereocenters. The van der Waals surface area contributed by atoms with Gasteiger partial charge in [-0.2, -0.15) is 0 Å². The summed E-state index contributed by atoms with van der Waals surface area (Å²) < 4.78 is 6.81. The molecule has 0 aliphatic carbocycles. The highest BCUT2D eigenvalue weighted by molar-refractivity contribution is 14.1. The lowest BCUT2D eigenvalue weighted by molar-refractivity contribution is -0.143. The van der Waals surface area contributed by atoms with Crippen molar-refractivity contribution in [2.24, 2.45) is 0 Å². The van der Waals surface area contributed by atoms with Gasteiger partial charge in [0.1, 0.15) is 11.8 Å². The van der Waals surface area contributed by atoms with Gasteiger partial charge in [-0.15, -0.1) is 0 Å². The fourth-order valence-electron chi connectivity index (χ4n) is 3.01. The first-order valence-electron chi connectivity index (χ1n) is 10.4. The molecular formula is C24H31IN2O3. The van der Waals surface area contributed by atoms with E-state index in [2.05, 4.69) is 27.9 Å². The molecule has 0 aliphatic heterocycles. The summed E-state index contributed by atoms with van der Waals surface area (Å²) in [5, 5.41) is 3.02. The summed E-state index contributed by atoms with van der Waals surface area (Å²) in [6.07, 6.45) is 1.37. The fourth-order valence-corrected chi connectivity index (χ4v) is 3.37. The molecule has 0 aromatic heterocycles. The van der Waals surface area contributed by atoms with Crippen molar-refractivity contribution in [3.05, 3.63) is 63.2 Å². The zero-order chi connectivity index (χ0) is 22.1. The molecule has 0 spiro atoms. The number of ether oxygens (including phenoxy) is 1. The molecule has 162 valence electrons. The third kappa shape index (κ3) is 7.31. The van der Waals surface area contributed by atoms with Gasteiger partial charge in [0.15, 0.2) is 6.61 Å². The van der Waals surface area contributed by atoms with E-state index in [9.17, 15) is 9.59 Å². The van der Waals surface area contributed by atoms with Crippen LogP contribution in [0.15, 0.2) is 48.5 Å². The molecule has 30 heavy (non-hydrogen) atoms. The van der Waals surface area contributed by atoms with Gasteiger partial charge in [0.05, 0.1) is 0 Å². The van der Waals surface area contributed by atoms with Crippen molar-refractivity contribution in [1.29, 1.82) is 0 Å². The first-order chi connectivity index (χ1) is 14.3. The van der Waals surface area contributed by atoms with Crippen molar-refractivity contribution in [1.82, 2.24) is 10.2 Å². The number of nitrogens with zero attached hydrogens (tertiary/aromatic N) is 1. The number of carbonyl (C=O) groups excluding carboxylic acids is 2. The molecule has 1 N–H and O–H groups in total. The standard InChI is InChI=1S/C24H31IN2O3/c1-5-18(4)26-24(29)22(6-2)27(15-19-9-7-17(3)8-10-19)23(28)16-30-21-13-11-20(25)12-14-21/h7-14,18,22H,5-6,15-16H2,1-4H3,(H,26,29)/t18-,22-/m1/s1. The van der Waals surface area contributed by atoms with Crippen LogP contribution in [0.5, 0.6) is 5.75 Å². The van der Waals surface area contributed by atoms with E-state index >= 15 is 0 Å². The molecule has 0 bridgehead atoms. The predicted octanol–water partition coefficient (Wildman–Crippen LogP) is 4.70. The average Bonchev–Trinajstić information content (AvgIpc) is 2.74. The molecule has 2 aromatic carbocycles. The number of aryl methyl sites for hydroxylation is 1. The minimum Gasteiger partial charge on any atom is -0.484 e. The zero-order valence-corrected chi connectivity index (χ0v) is 20.3. The van der Waals surface area contributed by atoms with Gasteiger partial charge < -0.3 is 15.0 Å². The van der Waals surface area contributed by atoms with Crippen LogP contribution in [0, 0.1) is 10.5 Å². The molecular weight excluding hydrogens is 491 g/mol. The molecule has 0 radical (unpaired) electrons. The van der Waals surface area contributed by atoms with Crippen LogP contribution in [0.4, 0.5) is 0 Å². The lowest BCUT2D eigenvalue weighted by Crippen LogP contribution is -2.51. The Morgan fingerprint density at radius 1 is 1.03 bits per heavy atom. The highest BCUT2D eigenvalue weighted by atomic mass is 127. The van der Waals surface area contributed by atoms with Crippen molar-refractivity contribution in [3.8, 4) is 5.75 Å². The first-order valence-corrected chi connectivity index (χ1v) is 11.5. The van der Waals surface area contributed by atoms with Crippen molar-refractivity contribution < 1.29 is 14.3 Å². The monoisotopic (exact) mass is 522 g/mol. The summed E-state index contributed by atoms with van der Waals surface area (Å²) in [5.74, 6) is 0.304. The number of hydrogen-bond donors (Lipinski definition) is 1. The number of rotatable bonds is 10. The van der Waals surface area contributed by atoms with E-state index in [4.69, 9.17) is 4.74 Å². The fraction of sp³-hybridized carbons (Fsp3) is 0.417. The molecule has 2 atom stereocenters. The van der Waals surface area contributed by atoms with Gasteiger partial charge in [0.2, 0.25) is 5.91 Å². The number of hydrogen-bond acceptors (Lipinski definition) is 3. The Kier molecular flexibility index (Phi) is 9.62. The van der Waals surface area contributed by atoms with Crippen LogP contribution < -0.4 is 10.1 Å². The van der Waals surface area contributed by atoms with Crippen LogP contribution >= 0.6 is 22.6 Å². The van der Waals surface area contributed by atoms with Gasteiger partial charge in [0.25, 0.3) is 5.91 Å². The molecule has 0 saturated carbocycles. The maximum Gasteiger partial charge on any atom is 0.261 e. The molecule has 0 aliphatic rings. The number of amides is 2. The van der Waals surface area contributed by atoms with E-state index in [-0.39, 0.29) is 24.5 Å². The van der Waals surface area contributed by atoms with E-state index in [1.807, 2.05) is 76.2 Å². The summed E-state index contributed by atoms with van der Waals surface area (Å²) in [7, 11) is 0. The number of halogens is 1. The molecule has 0 fully saturated rings. The Morgan fingerprint density at radius 2 is 1.67 bits per heavy atom. The largest absolute Gasteiger partial charge is 0.484 e. The van der Waals surface area contributed by atoms with E-state index in [1.54, 1.807) is 4.90 Å². The topological polar surface area (TPSA) is 58.6 Å². The molecule has 0 heterocycles. The van der Waals surface area contributed by atoms with E-state index in [0.717, 1.165) is 21.1 Å². The second-order valence-corrected chi connectivity index (χ2v) is 8.74. The Balaban J connectivity index is 2.19. The lowest BCUT2D eigenvalue weighted by Gasteiger charge is -2.31. The quantitative estimate of drug-likeness (QED) is 0.461. The zero-order valence-electron chi connectivity index (χ0n) is 18.2. The Morgan fingerprint density at radius 3 is 2.23 bits per heavy atom. The van der Waals surface area contributed by atoms with Crippen LogP contribution in [0.2, 0.25) is 0 Å². The van der Waals surface area contributed by atoms with E-state index < -0.39 is 6.04 Å². The van der Waals surface area contributed by atoms with Crippen LogP contribution in [0.3, 0.4) is 0 Å². The predicted molar refractivity (Wildman–Crippen MR) is 128 cm³/mol. The maximum absolute atomic E-state index is 13.1. The van der Waals surface area contributed by atoms with Crippen LogP contribution in [0.1, 0.15) is 44.7 Å². The number of benzene rings is 2. The molecule has 2 amide bonds. The van der Waals surface area contributed by atoms with Crippen molar-refractivity contribution in [2.45, 2.75) is 59.2 Å². The summed E-state index contributed by atoms with van der Waals surface area (Å²) in [6, 6.07) is 15.1. The minimum atomic E-state index is -0.548. The van der Waals surface area contributed by atoms with E-state index in [0.29, 0.717) is 18.7 Å². The van der Waals surface area contributed by atoms with Gasteiger partial charge in [0, 0.05) is 16.2 Å². The van der Waals surface area contributed by atoms with E-state index in [1.165, 1.54) is 0 Å². The molecule has 2 aromatic rings. The Hall–Kier alpha value is -2.09. The number of nitrogens with one attached hydrogen (secondary N) is 1. The lowest BCUT2D eigenvalue weighted by atomic mass is 10.1. The number of carbonyl (C=O) groups is 2. The van der Waals surface area contributed by atoms with Crippen LogP contribution in [-0.4, -0.2) is 35.4 Å². The van der Waals surface area contributed by atoms with Gasteiger partial charge in [-0.05, 0) is 79.1 Å². The van der Waals surface area contributed by atoms with Crippen LogP contribution in [0.25, 0.3) is 0 Å². The highest BCUT2D eigenvalue weighted by Gasteiger charge is 2.29. The Labute approximate surface area is 193 Å². The molecule has 0 saturated heterocycles. The van der Waals surface area contributed by atoms with Gasteiger partial charge in [-0.1, -0.05) is 43.7 Å². The smallest absolute Gasteiger partial charge is 0.261 e. The molecule has 2 rings (SSSR count). The second kappa shape index (κ2) is 11.9. The molecule has 5 nitrogen and oxygen atoms in total. The minimum absolute atomic E-state index is 0.0610. The maximum atomic E-state index is 13.1. The third-order valence-corrected chi connectivity index (χ3v) is 5.76. The summed E-state index contributed by atoms with van der Waals surface area (Å²) in [4.78, 5) is 27.7. The summed E-state index contributed by atoms with van der Waals surface area (Å²) in [6.45, 7) is 8.19. The van der Waals surface area contributed by atoms with Crippen LogP contribution in [-0.2, 0) is 16.1 Å². The normalized spacial score (nSPS) is 12.7. The van der Waals surface area contributed by atoms with Crippen molar-refractivity contribution >= 4 is 34.4 Å². The average molecular weight is 522 g/mol.